The Bertz CT molecular complexity index is 348. The molecule has 0 aromatic carbocycles. The lowest BCUT2D eigenvalue weighted by molar-refractivity contribution is -0.148. The van der Waals surface area contributed by atoms with Crippen LogP contribution in [0.25, 0.3) is 0 Å². The van der Waals surface area contributed by atoms with Crippen molar-refractivity contribution >= 4 is 12.0 Å². The van der Waals surface area contributed by atoms with E-state index in [1.807, 2.05) is 6.08 Å². The van der Waals surface area contributed by atoms with Crippen molar-refractivity contribution in [2.75, 3.05) is 0 Å². The maximum Gasteiger partial charge on any atom is 0.329 e. The van der Waals surface area contributed by atoms with Gasteiger partial charge in [-0.25, -0.2) is 9.59 Å². The van der Waals surface area contributed by atoms with Crippen LogP contribution < -0.4 is 10.6 Å². The van der Waals surface area contributed by atoms with Crippen LogP contribution in [-0.2, 0) is 4.79 Å². The number of carbonyl (C=O) groups excluding carboxylic acids is 1. The molecule has 94 valence electrons. The predicted molar refractivity (Wildman–Crippen MR) is 62.7 cm³/mol. The van der Waals surface area contributed by atoms with Crippen LogP contribution in [0.15, 0.2) is 12.2 Å². The number of urea groups is 1. The topological polar surface area (TPSA) is 78.4 Å². The normalized spacial score (nSPS) is 25.8. The SMILES string of the molecule is O=C(NC1CC=CCC1)NC1(C(=O)O)CCC1. The summed E-state index contributed by atoms with van der Waals surface area (Å²) in [7, 11) is 0. The van der Waals surface area contributed by atoms with E-state index in [2.05, 4.69) is 16.7 Å². The highest BCUT2D eigenvalue weighted by Gasteiger charge is 2.45. The number of hydrogen-bond acceptors (Lipinski definition) is 2. The first-order chi connectivity index (χ1) is 8.12. The van der Waals surface area contributed by atoms with Crippen LogP contribution in [0.4, 0.5) is 4.79 Å². The molecule has 2 amide bonds. The summed E-state index contributed by atoms with van der Waals surface area (Å²) in [6, 6.07) is -0.224. The fourth-order valence-electron chi connectivity index (χ4n) is 2.29. The molecule has 1 fully saturated rings. The predicted octanol–water partition coefficient (Wildman–Crippen LogP) is 1.40. The number of carboxylic acids is 1. The summed E-state index contributed by atoms with van der Waals surface area (Å²) in [5, 5.41) is 14.5. The molecule has 0 radical (unpaired) electrons. The Kier molecular flexibility index (Phi) is 3.36. The van der Waals surface area contributed by atoms with Gasteiger partial charge in [0.15, 0.2) is 0 Å². The van der Waals surface area contributed by atoms with Gasteiger partial charge in [0.1, 0.15) is 5.54 Å². The number of aliphatic carboxylic acids is 1. The zero-order valence-corrected chi connectivity index (χ0v) is 9.74. The number of carbonyl (C=O) groups is 2. The zero-order valence-electron chi connectivity index (χ0n) is 9.74. The lowest BCUT2D eigenvalue weighted by Gasteiger charge is -2.38. The molecule has 2 aliphatic rings. The summed E-state index contributed by atoms with van der Waals surface area (Å²) >= 11 is 0. The minimum Gasteiger partial charge on any atom is -0.480 e. The summed E-state index contributed by atoms with van der Waals surface area (Å²) in [6.45, 7) is 0. The third-order valence-electron chi connectivity index (χ3n) is 3.57. The first kappa shape index (κ1) is 12.0. The molecule has 17 heavy (non-hydrogen) atoms. The van der Waals surface area contributed by atoms with Crippen LogP contribution in [-0.4, -0.2) is 28.7 Å². The Balaban J connectivity index is 1.84. The maximum absolute atomic E-state index is 11.7. The number of allylic oxidation sites excluding steroid dienone is 1. The van der Waals surface area contributed by atoms with Gasteiger partial charge in [-0.2, -0.15) is 0 Å². The fraction of sp³-hybridized carbons (Fsp3) is 0.667. The third kappa shape index (κ3) is 2.60. The molecule has 5 nitrogen and oxygen atoms in total. The highest BCUT2D eigenvalue weighted by molar-refractivity contribution is 5.87. The van der Waals surface area contributed by atoms with Crippen molar-refractivity contribution in [2.45, 2.75) is 50.1 Å². The lowest BCUT2D eigenvalue weighted by Crippen LogP contribution is -2.62. The van der Waals surface area contributed by atoms with E-state index < -0.39 is 11.5 Å². The number of nitrogens with one attached hydrogen (secondary N) is 2. The number of carboxylic acid groups (broad SMARTS) is 1. The van der Waals surface area contributed by atoms with Gasteiger partial charge in [-0.1, -0.05) is 12.2 Å². The molecule has 0 saturated heterocycles. The summed E-state index contributed by atoms with van der Waals surface area (Å²) in [6.07, 6.45) is 8.78. The Morgan fingerprint density at radius 2 is 2.06 bits per heavy atom. The van der Waals surface area contributed by atoms with Crippen molar-refractivity contribution in [1.29, 1.82) is 0 Å². The standard InChI is InChI=1S/C12H18N2O3/c15-10(16)12(7-4-8-12)14-11(17)13-9-5-2-1-3-6-9/h1-2,9H,3-8H2,(H,15,16)(H2,13,14,17). The van der Waals surface area contributed by atoms with Crippen molar-refractivity contribution in [3.8, 4) is 0 Å². The van der Waals surface area contributed by atoms with Gasteiger partial charge in [0.05, 0.1) is 0 Å². The van der Waals surface area contributed by atoms with E-state index in [0.29, 0.717) is 12.8 Å². The van der Waals surface area contributed by atoms with Crippen LogP contribution in [0.3, 0.4) is 0 Å². The molecule has 0 aromatic heterocycles. The average Bonchev–Trinajstić information content (AvgIpc) is 2.24. The van der Waals surface area contributed by atoms with Crippen molar-refractivity contribution in [3.05, 3.63) is 12.2 Å². The molecule has 5 heteroatoms. The van der Waals surface area contributed by atoms with E-state index in [0.717, 1.165) is 25.7 Å². The Morgan fingerprint density at radius 3 is 2.53 bits per heavy atom. The van der Waals surface area contributed by atoms with Gasteiger partial charge >= 0.3 is 12.0 Å². The lowest BCUT2D eigenvalue weighted by atomic mass is 9.77. The smallest absolute Gasteiger partial charge is 0.329 e. The molecule has 0 spiro atoms. The van der Waals surface area contributed by atoms with Crippen LogP contribution in [0, 0.1) is 0 Å². The van der Waals surface area contributed by atoms with Gasteiger partial charge in [-0.15, -0.1) is 0 Å². The van der Waals surface area contributed by atoms with E-state index in [9.17, 15) is 9.59 Å². The monoisotopic (exact) mass is 238 g/mol. The molecule has 0 aromatic rings. The molecule has 3 N–H and O–H groups in total. The van der Waals surface area contributed by atoms with E-state index in [-0.39, 0.29) is 12.1 Å². The quantitative estimate of drug-likeness (QED) is 0.650. The number of amides is 2. The Hall–Kier alpha value is -1.52. The van der Waals surface area contributed by atoms with Crippen molar-refractivity contribution < 1.29 is 14.7 Å². The fourth-order valence-corrected chi connectivity index (χ4v) is 2.29. The zero-order chi connectivity index (χ0) is 12.3. The number of hydrogen-bond donors (Lipinski definition) is 3. The van der Waals surface area contributed by atoms with Gasteiger partial charge in [0.2, 0.25) is 0 Å². The van der Waals surface area contributed by atoms with Crippen LogP contribution in [0.2, 0.25) is 0 Å². The van der Waals surface area contributed by atoms with Gasteiger partial charge in [-0.05, 0) is 38.5 Å². The molecule has 2 rings (SSSR count). The van der Waals surface area contributed by atoms with Crippen LogP contribution in [0.5, 0.6) is 0 Å². The first-order valence-corrected chi connectivity index (χ1v) is 6.09. The molecular formula is C12H18N2O3. The largest absolute Gasteiger partial charge is 0.480 e. The van der Waals surface area contributed by atoms with Gasteiger partial charge in [0, 0.05) is 6.04 Å². The van der Waals surface area contributed by atoms with Crippen molar-refractivity contribution in [1.82, 2.24) is 10.6 Å². The molecule has 1 saturated carbocycles. The van der Waals surface area contributed by atoms with Crippen LogP contribution >= 0.6 is 0 Å². The molecule has 1 atom stereocenters. The van der Waals surface area contributed by atoms with Gasteiger partial charge < -0.3 is 15.7 Å². The molecule has 0 aliphatic heterocycles. The van der Waals surface area contributed by atoms with Crippen molar-refractivity contribution in [3.63, 3.8) is 0 Å². The minimum absolute atomic E-state index is 0.130. The van der Waals surface area contributed by atoms with E-state index in [4.69, 9.17) is 5.11 Å². The number of rotatable bonds is 3. The van der Waals surface area contributed by atoms with E-state index >= 15 is 0 Å². The average molecular weight is 238 g/mol. The molecule has 0 heterocycles. The Labute approximate surface area is 100 Å². The summed E-state index contributed by atoms with van der Waals surface area (Å²) < 4.78 is 0. The molecule has 1 unspecified atom stereocenters. The Morgan fingerprint density at radius 1 is 1.29 bits per heavy atom. The second-order valence-electron chi connectivity index (χ2n) is 4.82. The second-order valence-corrected chi connectivity index (χ2v) is 4.82. The summed E-state index contributed by atoms with van der Waals surface area (Å²) in [4.78, 5) is 22.8. The first-order valence-electron chi connectivity index (χ1n) is 6.09. The van der Waals surface area contributed by atoms with Gasteiger partial charge in [0.25, 0.3) is 0 Å². The van der Waals surface area contributed by atoms with Gasteiger partial charge in [-0.3, -0.25) is 0 Å². The highest BCUT2D eigenvalue weighted by Crippen LogP contribution is 2.31. The highest BCUT2D eigenvalue weighted by atomic mass is 16.4. The van der Waals surface area contributed by atoms with E-state index in [1.165, 1.54) is 0 Å². The molecular weight excluding hydrogens is 220 g/mol. The third-order valence-corrected chi connectivity index (χ3v) is 3.57. The van der Waals surface area contributed by atoms with E-state index in [1.54, 1.807) is 0 Å². The summed E-state index contributed by atoms with van der Waals surface area (Å²) in [5.41, 5.74) is -1.02. The second kappa shape index (κ2) is 4.77. The van der Waals surface area contributed by atoms with Crippen LogP contribution in [0.1, 0.15) is 38.5 Å². The maximum atomic E-state index is 11.7. The molecule has 2 aliphatic carbocycles. The summed E-state index contributed by atoms with van der Waals surface area (Å²) in [5.74, 6) is -0.928. The minimum atomic E-state index is -1.02. The van der Waals surface area contributed by atoms with Crippen molar-refractivity contribution in [2.24, 2.45) is 0 Å². The molecule has 0 bridgehead atoms.